The highest BCUT2D eigenvalue weighted by Crippen LogP contribution is 2.28. The molecule has 0 aliphatic heterocycles. The average Bonchev–Trinajstić information content (AvgIpc) is 3.16. The fourth-order valence-electron chi connectivity index (χ4n) is 2.20. The Morgan fingerprint density at radius 2 is 2.00 bits per heavy atom. The smallest absolute Gasteiger partial charge is 0.268 e. The van der Waals surface area contributed by atoms with Gasteiger partial charge in [-0.2, -0.15) is 0 Å². The summed E-state index contributed by atoms with van der Waals surface area (Å²) in [6, 6.07) is 13.1. The highest BCUT2D eigenvalue weighted by molar-refractivity contribution is 7.13. The van der Waals surface area contributed by atoms with Crippen molar-refractivity contribution in [1.82, 2.24) is 4.98 Å². The molecule has 0 atom stereocenters. The van der Waals surface area contributed by atoms with Crippen LogP contribution in [0.25, 0.3) is 16.6 Å². The van der Waals surface area contributed by atoms with Crippen LogP contribution in [-0.4, -0.2) is 15.8 Å². The van der Waals surface area contributed by atoms with Crippen molar-refractivity contribution < 1.29 is 9.72 Å². The van der Waals surface area contributed by atoms with Crippen molar-refractivity contribution in [2.24, 2.45) is 5.84 Å². The number of carbonyl (C=O) groups is 1. The average molecular weight is 401 g/mol. The van der Waals surface area contributed by atoms with Gasteiger partial charge in [0.1, 0.15) is 5.01 Å². The fourth-order valence-corrected chi connectivity index (χ4v) is 3.13. The predicted molar refractivity (Wildman–Crippen MR) is 106 cm³/mol. The van der Waals surface area contributed by atoms with Gasteiger partial charge in [0.25, 0.3) is 11.6 Å². The van der Waals surface area contributed by atoms with E-state index in [1.54, 1.807) is 29.6 Å². The normalized spacial score (nSPS) is 10.9. The number of anilines is 1. The molecule has 0 saturated heterocycles. The van der Waals surface area contributed by atoms with Gasteiger partial charge in [0.2, 0.25) is 0 Å². The minimum atomic E-state index is -0.505. The number of halogens is 1. The van der Waals surface area contributed by atoms with Crippen LogP contribution in [0, 0.1) is 10.1 Å². The number of aromatic nitrogens is 1. The summed E-state index contributed by atoms with van der Waals surface area (Å²) in [5.41, 5.74) is 1.33. The van der Waals surface area contributed by atoms with Crippen molar-refractivity contribution in [3.8, 4) is 10.6 Å². The molecule has 0 fully saturated rings. The Morgan fingerprint density at radius 3 is 2.70 bits per heavy atom. The molecule has 0 saturated carbocycles. The summed E-state index contributed by atoms with van der Waals surface area (Å²) in [7, 11) is 0. The zero-order valence-electron chi connectivity index (χ0n) is 13.8. The van der Waals surface area contributed by atoms with Crippen LogP contribution in [-0.2, 0) is 4.79 Å². The van der Waals surface area contributed by atoms with Gasteiger partial charge in [-0.3, -0.25) is 14.9 Å². The Kier molecular flexibility index (Phi) is 5.60. The van der Waals surface area contributed by atoms with Crippen molar-refractivity contribution >= 4 is 46.4 Å². The molecule has 3 rings (SSSR count). The van der Waals surface area contributed by atoms with Crippen molar-refractivity contribution in [2.75, 3.05) is 5.01 Å². The van der Waals surface area contributed by atoms with Gasteiger partial charge >= 0.3 is 0 Å². The molecule has 1 heterocycles. The molecule has 136 valence electrons. The largest absolute Gasteiger partial charge is 0.270 e. The molecular weight excluding hydrogens is 388 g/mol. The number of rotatable bonds is 5. The molecule has 3 aromatic rings. The van der Waals surface area contributed by atoms with E-state index in [0.717, 1.165) is 10.6 Å². The Labute approximate surface area is 163 Å². The Balaban J connectivity index is 1.73. The van der Waals surface area contributed by atoms with Crippen molar-refractivity contribution in [3.63, 3.8) is 0 Å². The first-order chi connectivity index (χ1) is 12.9. The summed E-state index contributed by atoms with van der Waals surface area (Å²) in [5.74, 6) is 5.64. The summed E-state index contributed by atoms with van der Waals surface area (Å²) in [4.78, 5) is 26.9. The first kappa shape index (κ1) is 18.7. The standard InChI is InChI=1S/C18H13ClN4O3S/c19-14-7-5-13(6-8-14)18-21-16(11-27-18)22(20)17(24)9-4-12-2-1-3-15(10-12)23(25)26/h1-11H,20H2. The number of nitrogens with zero attached hydrogens (tertiary/aromatic N) is 3. The lowest BCUT2D eigenvalue weighted by atomic mass is 10.2. The number of benzene rings is 2. The van der Waals surface area contributed by atoms with E-state index in [4.69, 9.17) is 17.4 Å². The third kappa shape index (κ3) is 4.56. The van der Waals surface area contributed by atoms with E-state index in [1.807, 2.05) is 12.1 Å². The minimum Gasteiger partial charge on any atom is -0.268 e. The van der Waals surface area contributed by atoms with Gasteiger partial charge in [-0.1, -0.05) is 35.9 Å². The third-order valence-corrected chi connectivity index (χ3v) is 4.70. The molecule has 2 N–H and O–H groups in total. The molecule has 0 aliphatic rings. The molecule has 0 radical (unpaired) electrons. The van der Waals surface area contributed by atoms with Gasteiger partial charge in [-0.25, -0.2) is 15.8 Å². The number of nitro groups is 1. The molecule has 7 nitrogen and oxygen atoms in total. The monoisotopic (exact) mass is 400 g/mol. The van der Waals surface area contributed by atoms with Crippen LogP contribution in [0.15, 0.2) is 60.0 Å². The molecule has 0 spiro atoms. The van der Waals surface area contributed by atoms with E-state index in [-0.39, 0.29) is 5.69 Å². The number of hydrazine groups is 1. The number of amides is 1. The zero-order chi connectivity index (χ0) is 19.4. The van der Waals surface area contributed by atoms with Crippen LogP contribution in [0.2, 0.25) is 5.02 Å². The number of nitro benzene ring substituents is 1. The SMILES string of the molecule is NN(C(=O)C=Cc1cccc([N+](=O)[O-])c1)c1csc(-c2ccc(Cl)cc2)n1. The van der Waals surface area contributed by atoms with Crippen LogP contribution < -0.4 is 10.9 Å². The van der Waals surface area contributed by atoms with E-state index >= 15 is 0 Å². The minimum absolute atomic E-state index is 0.0543. The van der Waals surface area contributed by atoms with Gasteiger partial charge in [0.15, 0.2) is 5.82 Å². The first-order valence-corrected chi connectivity index (χ1v) is 8.92. The maximum atomic E-state index is 12.3. The summed E-state index contributed by atoms with van der Waals surface area (Å²) in [6.45, 7) is 0. The molecular formula is C18H13ClN4O3S. The van der Waals surface area contributed by atoms with Crippen LogP contribution in [0.4, 0.5) is 11.5 Å². The number of thiazole rings is 1. The van der Waals surface area contributed by atoms with Crippen molar-refractivity contribution in [3.05, 3.63) is 80.7 Å². The summed E-state index contributed by atoms with van der Waals surface area (Å²) in [5, 5.41) is 14.7. The molecule has 1 aromatic heterocycles. The van der Waals surface area contributed by atoms with Gasteiger partial charge < -0.3 is 0 Å². The van der Waals surface area contributed by atoms with E-state index in [0.29, 0.717) is 21.4 Å². The third-order valence-electron chi connectivity index (χ3n) is 3.57. The fraction of sp³-hybridized carbons (Fsp3) is 0. The summed E-state index contributed by atoms with van der Waals surface area (Å²) < 4.78 is 0. The Bertz CT molecular complexity index is 1020. The highest BCUT2D eigenvalue weighted by Gasteiger charge is 2.14. The van der Waals surface area contributed by atoms with Crippen LogP contribution >= 0.6 is 22.9 Å². The lowest BCUT2D eigenvalue weighted by Crippen LogP contribution is -2.36. The van der Waals surface area contributed by atoms with Gasteiger partial charge in [0.05, 0.1) is 4.92 Å². The van der Waals surface area contributed by atoms with Crippen molar-refractivity contribution in [2.45, 2.75) is 0 Å². The number of non-ortho nitro benzene ring substituents is 1. The topological polar surface area (TPSA) is 102 Å². The first-order valence-electron chi connectivity index (χ1n) is 7.67. The molecule has 0 bridgehead atoms. The molecule has 0 aliphatic carbocycles. The molecule has 27 heavy (non-hydrogen) atoms. The van der Waals surface area contributed by atoms with Crippen LogP contribution in [0.5, 0.6) is 0 Å². The highest BCUT2D eigenvalue weighted by atomic mass is 35.5. The van der Waals surface area contributed by atoms with Crippen molar-refractivity contribution in [1.29, 1.82) is 0 Å². The van der Waals surface area contributed by atoms with Crippen LogP contribution in [0.3, 0.4) is 0 Å². The second kappa shape index (κ2) is 8.09. The number of hydrogen-bond acceptors (Lipinski definition) is 6. The van der Waals surface area contributed by atoms with E-state index in [1.165, 1.54) is 35.6 Å². The molecule has 9 heteroatoms. The molecule has 0 unspecified atom stereocenters. The number of carbonyl (C=O) groups excluding carboxylic acids is 1. The zero-order valence-corrected chi connectivity index (χ0v) is 15.4. The van der Waals surface area contributed by atoms with E-state index in [2.05, 4.69) is 4.98 Å². The lowest BCUT2D eigenvalue weighted by Gasteiger charge is -2.10. The lowest BCUT2D eigenvalue weighted by molar-refractivity contribution is -0.384. The molecule has 1 amide bonds. The number of nitrogens with two attached hydrogens (primary N) is 1. The molecule has 2 aromatic carbocycles. The Morgan fingerprint density at radius 1 is 1.26 bits per heavy atom. The van der Waals surface area contributed by atoms with E-state index < -0.39 is 10.8 Å². The van der Waals surface area contributed by atoms with Gasteiger partial charge in [0, 0.05) is 34.2 Å². The maximum absolute atomic E-state index is 12.3. The van der Waals surface area contributed by atoms with Gasteiger partial charge in [-0.15, -0.1) is 11.3 Å². The second-order valence-electron chi connectivity index (χ2n) is 5.41. The quantitative estimate of drug-likeness (QED) is 0.226. The maximum Gasteiger partial charge on any atom is 0.270 e. The summed E-state index contributed by atoms with van der Waals surface area (Å²) in [6.07, 6.45) is 2.70. The second-order valence-corrected chi connectivity index (χ2v) is 6.71. The van der Waals surface area contributed by atoms with E-state index in [9.17, 15) is 14.9 Å². The summed E-state index contributed by atoms with van der Waals surface area (Å²) >= 11 is 7.22. The number of hydrogen-bond donors (Lipinski definition) is 1. The van der Waals surface area contributed by atoms with Crippen LogP contribution in [0.1, 0.15) is 5.56 Å². The van der Waals surface area contributed by atoms with Gasteiger partial charge in [-0.05, 0) is 23.8 Å². The predicted octanol–water partition coefficient (Wildman–Crippen LogP) is 4.29. The Hall–Kier alpha value is -3.07.